The molecule has 434 valence electrons. The summed E-state index contributed by atoms with van der Waals surface area (Å²) in [6.45, 7) is 6.48. The third-order valence-corrected chi connectivity index (χ3v) is 14.2. The number of carbonyl (C=O) groups is 3. The average Bonchev–Trinajstić information content (AvgIpc) is 3.41. The molecule has 0 aliphatic carbocycles. The number of ether oxygens (including phenoxy) is 3. The third kappa shape index (κ3) is 61.6. The first-order valence-electron chi connectivity index (χ1n) is 32.4. The van der Waals surface area contributed by atoms with Crippen molar-refractivity contribution in [1.82, 2.24) is 0 Å². The van der Waals surface area contributed by atoms with Gasteiger partial charge in [0.05, 0.1) is 0 Å². The van der Waals surface area contributed by atoms with E-state index in [1.165, 1.54) is 180 Å². The normalized spacial score (nSPS) is 12.5. The Kier molecular flexibility index (Phi) is 60.7. The lowest BCUT2D eigenvalue weighted by atomic mass is 10.0. The van der Waals surface area contributed by atoms with Gasteiger partial charge in [-0.05, 0) is 70.6 Å². The number of rotatable bonds is 59. The fourth-order valence-corrected chi connectivity index (χ4v) is 9.39. The van der Waals surface area contributed by atoms with Gasteiger partial charge < -0.3 is 14.2 Å². The molecule has 0 rings (SSSR count). The summed E-state index contributed by atoms with van der Waals surface area (Å²) >= 11 is 0. The van der Waals surface area contributed by atoms with Crippen LogP contribution in [0.3, 0.4) is 0 Å². The summed E-state index contributed by atoms with van der Waals surface area (Å²) in [5.74, 6) is -0.883. The molecule has 1 atom stereocenters. The molecule has 0 spiro atoms. The van der Waals surface area contributed by atoms with Gasteiger partial charge in [0.15, 0.2) is 6.10 Å². The lowest BCUT2D eigenvalue weighted by molar-refractivity contribution is -0.167. The summed E-state index contributed by atoms with van der Waals surface area (Å²) in [7, 11) is 0. The predicted octanol–water partition coefficient (Wildman–Crippen LogP) is 22.1. The number of esters is 3. The molecule has 0 saturated carbocycles. The van der Waals surface area contributed by atoms with Crippen LogP contribution in [0.1, 0.15) is 329 Å². The molecular weight excluding hydrogens is 925 g/mol. The van der Waals surface area contributed by atoms with E-state index in [1.54, 1.807) is 0 Å². The van der Waals surface area contributed by atoms with Crippen molar-refractivity contribution in [2.75, 3.05) is 13.2 Å². The first-order valence-corrected chi connectivity index (χ1v) is 32.4. The van der Waals surface area contributed by atoms with Crippen LogP contribution in [0.15, 0.2) is 72.9 Å². The molecular formula is C69H122O6. The van der Waals surface area contributed by atoms with Gasteiger partial charge in [-0.2, -0.15) is 0 Å². The molecule has 0 bridgehead atoms. The van der Waals surface area contributed by atoms with Crippen LogP contribution >= 0.6 is 0 Å². The highest BCUT2D eigenvalue weighted by atomic mass is 16.6. The fourth-order valence-electron chi connectivity index (χ4n) is 9.39. The SMILES string of the molecule is CC/C=C\C/C=C\C/C=C\C/C=C\C/C=C\C/C=C\CCCCCCCCCCC(=O)OCC(COC(=O)CCCCCCC)OC(=O)CCCCCCCCCCCCCCCCCCCCCCCCCCC. The molecule has 0 aromatic heterocycles. The summed E-state index contributed by atoms with van der Waals surface area (Å²) in [4.78, 5) is 37.9. The highest BCUT2D eigenvalue weighted by Gasteiger charge is 2.19. The second kappa shape index (κ2) is 63.4. The van der Waals surface area contributed by atoms with E-state index in [0.29, 0.717) is 19.3 Å². The van der Waals surface area contributed by atoms with Crippen molar-refractivity contribution in [3.63, 3.8) is 0 Å². The summed E-state index contributed by atoms with van der Waals surface area (Å²) in [6, 6.07) is 0. The zero-order valence-electron chi connectivity index (χ0n) is 49.8. The first kappa shape index (κ1) is 71.8. The van der Waals surface area contributed by atoms with E-state index < -0.39 is 6.10 Å². The number of unbranched alkanes of at least 4 members (excludes halogenated alkanes) is 36. The topological polar surface area (TPSA) is 78.9 Å². The van der Waals surface area contributed by atoms with Gasteiger partial charge in [-0.15, -0.1) is 0 Å². The van der Waals surface area contributed by atoms with Crippen molar-refractivity contribution in [2.45, 2.75) is 335 Å². The molecule has 0 aliphatic rings. The summed E-state index contributed by atoms with van der Waals surface area (Å²) in [5, 5.41) is 0. The van der Waals surface area contributed by atoms with Gasteiger partial charge in [0.25, 0.3) is 0 Å². The second-order valence-corrected chi connectivity index (χ2v) is 21.7. The van der Waals surface area contributed by atoms with Gasteiger partial charge in [-0.25, -0.2) is 0 Å². The van der Waals surface area contributed by atoms with E-state index in [1.807, 2.05) is 0 Å². The molecule has 0 aromatic carbocycles. The Balaban J connectivity index is 4.03. The number of hydrogen-bond donors (Lipinski definition) is 0. The Bertz CT molecular complexity index is 1390. The maximum atomic E-state index is 12.8. The average molecular weight is 1050 g/mol. The quantitative estimate of drug-likeness (QED) is 0.0261. The maximum absolute atomic E-state index is 12.8. The molecule has 0 N–H and O–H groups in total. The smallest absolute Gasteiger partial charge is 0.306 e. The minimum Gasteiger partial charge on any atom is -0.462 e. The second-order valence-electron chi connectivity index (χ2n) is 21.7. The minimum absolute atomic E-state index is 0.0757. The van der Waals surface area contributed by atoms with Gasteiger partial charge in [0.1, 0.15) is 13.2 Å². The third-order valence-electron chi connectivity index (χ3n) is 14.2. The minimum atomic E-state index is -0.774. The molecule has 0 radical (unpaired) electrons. The van der Waals surface area contributed by atoms with Gasteiger partial charge in [0, 0.05) is 19.3 Å². The maximum Gasteiger partial charge on any atom is 0.306 e. The van der Waals surface area contributed by atoms with Gasteiger partial charge in [-0.1, -0.05) is 312 Å². The molecule has 0 heterocycles. The number of allylic oxidation sites excluding steroid dienone is 12. The van der Waals surface area contributed by atoms with Gasteiger partial charge in [0.2, 0.25) is 0 Å². The van der Waals surface area contributed by atoms with E-state index in [-0.39, 0.29) is 31.1 Å². The van der Waals surface area contributed by atoms with Crippen molar-refractivity contribution in [2.24, 2.45) is 0 Å². The highest BCUT2D eigenvalue weighted by Crippen LogP contribution is 2.17. The molecule has 6 nitrogen and oxygen atoms in total. The van der Waals surface area contributed by atoms with Crippen LogP contribution in [0.4, 0.5) is 0 Å². The van der Waals surface area contributed by atoms with Gasteiger partial charge >= 0.3 is 17.9 Å². The Hall–Kier alpha value is -3.15. The van der Waals surface area contributed by atoms with Crippen LogP contribution in [-0.2, 0) is 28.6 Å². The molecule has 0 aliphatic heterocycles. The molecule has 6 heteroatoms. The van der Waals surface area contributed by atoms with Crippen LogP contribution in [0, 0.1) is 0 Å². The van der Waals surface area contributed by atoms with Crippen molar-refractivity contribution in [3.05, 3.63) is 72.9 Å². The molecule has 75 heavy (non-hydrogen) atoms. The monoisotopic (exact) mass is 1050 g/mol. The summed E-state index contributed by atoms with van der Waals surface area (Å²) in [6.07, 6.45) is 82.5. The summed E-state index contributed by atoms with van der Waals surface area (Å²) < 4.78 is 16.8. The fraction of sp³-hybridized carbons (Fsp3) is 0.783. The van der Waals surface area contributed by atoms with Crippen LogP contribution in [-0.4, -0.2) is 37.2 Å². The standard InChI is InChI=1S/C69H122O6/c1-4-7-10-13-15-17-19-21-23-25-27-29-31-33-34-36-37-39-41-43-45-47-49-51-53-56-59-62-68(71)74-65-66(64-73-67(70)61-58-55-12-9-6-3)75-69(72)63-60-57-54-52-50-48-46-44-42-40-38-35-32-30-28-26-24-22-20-18-16-14-11-8-5-2/h7,10,15,17,21,23,27,29,33-34,37,39,66H,4-6,8-9,11-14,16,18-20,22,24-26,28,30-32,35-36,38,40-65H2,1-3H3/b10-7-,17-15-,23-21-,29-27-,34-33-,39-37-. The zero-order chi connectivity index (χ0) is 54.3. The van der Waals surface area contributed by atoms with E-state index in [4.69, 9.17) is 14.2 Å². The lowest BCUT2D eigenvalue weighted by Gasteiger charge is -2.18. The largest absolute Gasteiger partial charge is 0.462 e. The van der Waals surface area contributed by atoms with Crippen molar-refractivity contribution in [3.8, 4) is 0 Å². The highest BCUT2D eigenvalue weighted by molar-refractivity contribution is 5.71. The van der Waals surface area contributed by atoms with Gasteiger partial charge in [-0.3, -0.25) is 14.4 Å². The van der Waals surface area contributed by atoms with Crippen molar-refractivity contribution < 1.29 is 28.6 Å². The van der Waals surface area contributed by atoms with Crippen LogP contribution < -0.4 is 0 Å². The summed E-state index contributed by atoms with van der Waals surface area (Å²) in [5.41, 5.74) is 0. The van der Waals surface area contributed by atoms with E-state index >= 15 is 0 Å². The molecule has 0 saturated heterocycles. The van der Waals surface area contributed by atoms with E-state index in [2.05, 4.69) is 93.7 Å². The van der Waals surface area contributed by atoms with E-state index in [0.717, 1.165) is 109 Å². The van der Waals surface area contributed by atoms with Crippen LogP contribution in [0.25, 0.3) is 0 Å². The number of hydrogen-bond acceptors (Lipinski definition) is 6. The van der Waals surface area contributed by atoms with Crippen molar-refractivity contribution in [1.29, 1.82) is 0 Å². The Labute approximate surface area is 465 Å². The molecule has 0 amide bonds. The van der Waals surface area contributed by atoms with Crippen molar-refractivity contribution >= 4 is 17.9 Å². The Morgan fingerprint density at radius 1 is 0.280 bits per heavy atom. The first-order chi connectivity index (χ1) is 37.0. The zero-order valence-corrected chi connectivity index (χ0v) is 49.8. The molecule has 1 unspecified atom stereocenters. The molecule has 0 fully saturated rings. The van der Waals surface area contributed by atoms with Crippen LogP contribution in [0.5, 0.6) is 0 Å². The van der Waals surface area contributed by atoms with E-state index in [9.17, 15) is 14.4 Å². The number of carbonyl (C=O) groups excluding carboxylic acids is 3. The molecule has 0 aromatic rings. The Morgan fingerprint density at radius 3 is 0.813 bits per heavy atom. The Morgan fingerprint density at radius 2 is 0.520 bits per heavy atom. The predicted molar refractivity (Wildman–Crippen MR) is 325 cm³/mol. The lowest BCUT2D eigenvalue weighted by Crippen LogP contribution is -2.30. The van der Waals surface area contributed by atoms with Crippen LogP contribution in [0.2, 0.25) is 0 Å².